The number of nitrogens with zero attached hydrogens (tertiary/aromatic N) is 2. The molecule has 124 valence electrons. The van der Waals surface area contributed by atoms with E-state index in [1.807, 2.05) is 20.8 Å². The highest BCUT2D eigenvalue weighted by Crippen LogP contribution is 2.46. The van der Waals surface area contributed by atoms with Crippen LogP contribution in [-0.4, -0.2) is 39.6 Å². The summed E-state index contributed by atoms with van der Waals surface area (Å²) >= 11 is 3.28. The summed E-state index contributed by atoms with van der Waals surface area (Å²) in [6.45, 7) is 5.48. The van der Waals surface area contributed by atoms with Gasteiger partial charge in [-0.3, -0.25) is 9.69 Å². The number of halogens is 1. The summed E-state index contributed by atoms with van der Waals surface area (Å²) in [6.07, 6.45) is 1.32. The number of rotatable bonds is 2. The van der Waals surface area contributed by atoms with Gasteiger partial charge in [0.15, 0.2) is 0 Å². The van der Waals surface area contributed by atoms with E-state index in [1.165, 1.54) is 0 Å². The molecule has 3 heterocycles. The van der Waals surface area contributed by atoms with E-state index >= 15 is 0 Å². The summed E-state index contributed by atoms with van der Waals surface area (Å²) in [5.41, 5.74) is -0.572. The van der Waals surface area contributed by atoms with Crippen LogP contribution in [0.25, 0.3) is 0 Å². The molecule has 6 nitrogen and oxygen atoms in total. The molecule has 1 aliphatic carbocycles. The van der Waals surface area contributed by atoms with Gasteiger partial charge in [-0.05, 0) is 67.6 Å². The van der Waals surface area contributed by atoms with E-state index in [-0.39, 0.29) is 17.9 Å². The van der Waals surface area contributed by atoms with Gasteiger partial charge in [0.2, 0.25) is 5.91 Å². The molecule has 1 N–H and O–H groups in total. The number of fused-ring (bicyclic) bond motifs is 1. The second-order valence-electron chi connectivity index (χ2n) is 7.05. The zero-order valence-corrected chi connectivity index (χ0v) is 15.0. The fourth-order valence-electron chi connectivity index (χ4n) is 3.16. The number of nitrogens with one attached hydrogen (secondary N) is 1. The quantitative estimate of drug-likeness (QED) is 0.798. The van der Waals surface area contributed by atoms with Crippen LogP contribution in [0.2, 0.25) is 0 Å². The largest absolute Gasteiger partial charge is 0.444 e. The predicted molar refractivity (Wildman–Crippen MR) is 88.9 cm³/mol. The summed E-state index contributed by atoms with van der Waals surface area (Å²) < 4.78 is 6.10. The zero-order chi connectivity index (χ0) is 16.8. The van der Waals surface area contributed by atoms with E-state index in [9.17, 15) is 9.59 Å². The first kappa shape index (κ1) is 16.2. The Hall–Kier alpha value is -1.63. The average Bonchev–Trinajstić information content (AvgIpc) is 2.91. The summed E-state index contributed by atoms with van der Waals surface area (Å²) in [6, 6.07) is 4.94. The molecule has 1 unspecified atom stereocenters. The Labute approximate surface area is 143 Å². The van der Waals surface area contributed by atoms with Gasteiger partial charge in [0.05, 0.1) is 0 Å². The molecule has 1 aromatic rings. The van der Waals surface area contributed by atoms with Crippen LogP contribution in [0.15, 0.2) is 22.8 Å². The third-order valence-electron chi connectivity index (χ3n) is 4.13. The lowest BCUT2D eigenvalue weighted by molar-refractivity contribution is -0.120. The second-order valence-corrected chi connectivity index (χ2v) is 7.87. The number of amides is 2. The summed E-state index contributed by atoms with van der Waals surface area (Å²) in [7, 11) is 0. The maximum absolute atomic E-state index is 12.6. The number of anilines is 1. The maximum atomic E-state index is 12.6. The number of aromatic nitrogens is 1. The first-order valence-electron chi connectivity index (χ1n) is 7.69. The number of hydrogen-bond acceptors (Lipinski definition) is 4. The Bertz CT molecular complexity index is 638. The molecular formula is C16H20BrN3O3. The van der Waals surface area contributed by atoms with E-state index in [0.29, 0.717) is 10.4 Å². The number of hydrogen-bond donors (Lipinski definition) is 1. The SMILES string of the molecule is CC(C)(C)OC(=O)N1C2CC(C2)C1C(=O)Nc1cccc(Br)n1. The number of carbonyl (C=O) groups is 2. The molecule has 2 amide bonds. The van der Waals surface area contributed by atoms with Crippen LogP contribution in [-0.2, 0) is 9.53 Å². The van der Waals surface area contributed by atoms with Crippen molar-refractivity contribution in [1.29, 1.82) is 0 Å². The Balaban J connectivity index is 1.73. The lowest BCUT2D eigenvalue weighted by Crippen LogP contribution is -2.46. The van der Waals surface area contributed by atoms with Gasteiger partial charge in [-0.15, -0.1) is 0 Å². The van der Waals surface area contributed by atoms with Gasteiger partial charge < -0.3 is 10.1 Å². The third kappa shape index (κ3) is 3.34. The molecule has 0 radical (unpaired) electrons. The molecule has 3 fully saturated rings. The molecule has 2 saturated heterocycles. The Morgan fingerprint density at radius 2 is 2.04 bits per heavy atom. The second kappa shape index (κ2) is 5.78. The number of pyridine rings is 1. The van der Waals surface area contributed by atoms with Crippen molar-refractivity contribution in [2.24, 2.45) is 5.92 Å². The van der Waals surface area contributed by atoms with Crippen LogP contribution in [0.5, 0.6) is 0 Å². The van der Waals surface area contributed by atoms with Crippen LogP contribution in [0.3, 0.4) is 0 Å². The van der Waals surface area contributed by atoms with Gasteiger partial charge >= 0.3 is 6.09 Å². The highest BCUT2D eigenvalue weighted by molar-refractivity contribution is 9.10. The van der Waals surface area contributed by atoms with Gasteiger partial charge in [-0.1, -0.05) is 6.07 Å². The molecule has 0 spiro atoms. The first-order chi connectivity index (χ1) is 10.7. The van der Waals surface area contributed by atoms with Crippen molar-refractivity contribution >= 4 is 33.7 Å². The summed E-state index contributed by atoms with van der Waals surface area (Å²) in [4.78, 5) is 30.9. The monoisotopic (exact) mass is 381 g/mol. The van der Waals surface area contributed by atoms with E-state index in [1.54, 1.807) is 23.1 Å². The first-order valence-corrected chi connectivity index (χ1v) is 8.48. The molecular weight excluding hydrogens is 362 g/mol. The zero-order valence-electron chi connectivity index (χ0n) is 13.4. The minimum absolute atomic E-state index is 0.112. The van der Waals surface area contributed by atoms with Gasteiger partial charge in [-0.2, -0.15) is 0 Å². The minimum Gasteiger partial charge on any atom is -0.444 e. The minimum atomic E-state index is -0.572. The van der Waals surface area contributed by atoms with Crippen LogP contribution in [0.4, 0.5) is 10.6 Å². The molecule has 4 rings (SSSR count). The van der Waals surface area contributed by atoms with Gasteiger partial charge in [0, 0.05) is 6.04 Å². The lowest BCUT2D eigenvalue weighted by atomic mass is 9.83. The van der Waals surface area contributed by atoms with Crippen molar-refractivity contribution in [3.05, 3.63) is 22.8 Å². The van der Waals surface area contributed by atoms with Crippen LogP contribution >= 0.6 is 15.9 Å². The average molecular weight is 382 g/mol. The van der Waals surface area contributed by atoms with Gasteiger partial charge in [-0.25, -0.2) is 9.78 Å². The Morgan fingerprint density at radius 3 is 2.65 bits per heavy atom. The number of carbonyl (C=O) groups excluding carboxylic acids is 2. The third-order valence-corrected chi connectivity index (χ3v) is 4.57. The predicted octanol–water partition coefficient (Wildman–Crippen LogP) is 3.18. The molecule has 2 bridgehead atoms. The lowest BCUT2D eigenvalue weighted by Gasteiger charge is -2.29. The highest BCUT2D eigenvalue weighted by Gasteiger charge is 2.56. The molecule has 3 aliphatic rings. The van der Waals surface area contributed by atoms with Crippen molar-refractivity contribution in [1.82, 2.24) is 9.88 Å². The van der Waals surface area contributed by atoms with E-state index in [0.717, 1.165) is 12.8 Å². The fourth-order valence-corrected chi connectivity index (χ4v) is 3.51. The molecule has 1 aromatic heterocycles. The molecule has 2 aliphatic heterocycles. The molecule has 7 heteroatoms. The van der Waals surface area contributed by atoms with Crippen LogP contribution in [0.1, 0.15) is 33.6 Å². The van der Waals surface area contributed by atoms with E-state index < -0.39 is 17.7 Å². The van der Waals surface area contributed by atoms with Crippen molar-refractivity contribution in [2.75, 3.05) is 5.32 Å². The Morgan fingerprint density at radius 1 is 1.35 bits per heavy atom. The summed E-state index contributed by atoms with van der Waals surface area (Å²) in [5.74, 6) is 0.476. The maximum Gasteiger partial charge on any atom is 0.411 e. The van der Waals surface area contributed by atoms with Crippen molar-refractivity contribution < 1.29 is 14.3 Å². The van der Waals surface area contributed by atoms with E-state index in [4.69, 9.17) is 4.74 Å². The Kier molecular flexibility index (Phi) is 4.08. The van der Waals surface area contributed by atoms with Crippen molar-refractivity contribution in [2.45, 2.75) is 51.3 Å². The van der Waals surface area contributed by atoms with E-state index in [2.05, 4.69) is 26.2 Å². The molecule has 1 saturated carbocycles. The van der Waals surface area contributed by atoms with Crippen LogP contribution in [0, 0.1) is 5.92 Å². The van der Waals surface area contributed by atoms with Gasteiger partial charge in [0.1, 0.15) is 22.1 Å². The van der Waals surface area contributed by atoms with Crippen molar-refractivity contribution in [3.8, 4) is 0 Å². The number of ether oxygens (including phenoxy) is 1. The molecule has 1 atom stereocenters. The highest BCUT2D eigenvalue weighted by atomic mass is 79.9. The molecule has 0 aromatic carbocycles. The topological polar surface area (TPSA) is 71.5 Å². The van der Waals surface area contributed by atoms with Crippen LogP contribution < -0.4 is 5.32 Å². The standard InChI is InChI=1S/C16H20BrN3O3/c1-16(2,3)23-15(22)20-10-7-9(8-10)13(20)14(21)19-12-6-4-5-11(17)18-12/h4-6,9-10,13H,7-8H2,1-3H3,(H,18,19,21). The molecule has 23 heavy (non-hydrogen) atoms. The van der Waals surface area contributed by atoms with Crippen molar-refractivity contribution in [3.63, 3.8) is 0 Å². The fraction of sp³-hybridized carbons (Fsp3) is 0.562. The smallest absolute Gasteiger partial charge is 0.411 e. The van der Waals surface area contributed by atoms with Gasteiger partial charge in [0.25, 0.3) is 0 Å². The summed E-state index contributed by atoms with van der Waals surface area (Å²) in [5, 5.41) is 2.80. The normalized spacial score (nSPS) is 25.7.